The summed E-state index contributed by atoms with van der Waals surface area (Å²) in [6.45, 7) is 5.78. The highest BCUT2D eigenvalue weighted by Crippen LogP contribution is 2.12. The summed E-state index contributed by atoms with van der Waals surface area (Å²) >= 11 is 0. The van der Waals surface area contributed by atoms with Crippen LogP contribution in [0.5, 0.6) is 0 Å². The molecule has 0 saturated carbocycles. The number of nitrogens with one attached hydrogen (secondary N) is 1. The molecule has 1 aromatic rings. The van der Waals surface area contributed by atoms with Gasteiger partial charge in [0, 0.05) is 18.5 Å². The van der Waals surface area contributed by atoms with Gasteiger partial charge in [-0.1, -0.05) is 17.7 Å². The van der Waals surface area contributed by atoms with Gasteiger partial charge in [0.1, 0.15) is 6.10 Å². The summed E-state index contributed by atoms with van der Waals surface area (Å²) in [7, 11) is 0. The molecule has 0 aromatic carbocycles. The first-order valence-electron chi connectivity index (χ1n) is 7.67. The molecule has 1 fully saturated rings. The Bertz CT molecular complexity index is 498. The van der Waals surface area contributed by atoms with Crippen LogP contribution in [0.25, 0.3) is 0 Å². The van der Waals surface area contributed by atoms with Crippen molar-refractivity contribution >= 4 is 5.91 Å². The first-order valence-corrected chi connectivity index (χ1v) is 7.67. The van der Waals surface area contributed by atoms with Crippen LogP contribution >= 0.6 is 0 Å². The number of carbonyl (C=O) groups excluding carboxylic acids is 1. The fourth-order valence-electron chi connectivity index (χ4n) is 2.30. The van der Waals surface area contributed by atoms with Gasteiger partial charge in [-0.2, -0.15) is 0 Å². The molecule has 0 radical (unpaired) electrons. The molecular weight excluding hydrogens is 280 g/mol. The maximum Gasteiger partial charge on any atom is 0.226 e. The number of carbonyl (C=O) groups is 1. The monoisotopic (exact) mass is 304 g/mol. The first kappa shape index (κ1) is 16.6. The smallest absolute Gasteiger partial charge is 0.226 e. The number of nitrogens with zero attached hydrogens (tertiary/aromatic N) is 1. The van der Waals surface area contributed by atoms with E-state index in [1.807, 2.05) is 38.1 Å². The van der Waals surface area contributed by atoms with Crippen LogP contribution in [0, 0.1) is 0 Å². The van der Waals surface area contributed by atoms with Gasteiger partial charge in [-0.05, 0) is 32.4 Å². The normalized spacial score (nSPS) is 21.2. The number of allylic oxidation sites excluding steroid dienone is 1. The quantitative estimate of drug-likeness (QED) is 0.815. The molecular formula is C17H24N2O3. The molecule has 0 aliphatic carbocycles. The molecule has 1 aliphatic rings. The summed E-state index contributed by atoms with van der Waals surface area (Å²) in [4.78, 5) is 16.3. The second kappa shape index (κ2) is 8.66. The molecule has 5 heteroatoms. The third-order valence-corrected chi connectivity index (χ3v) is 3.52. The van der Waals surface area contributed by atoms with Gasteiger partial charge in [0.2, 0.25) is 5.91 Å². The largest absolute Gasteiger partial charge is 0.379 e. The van der Waals surface area contributed by atoms with Crippen molar-refractivity contribution in [3.05, 3.63) is 41.7 Å². The van der Waals surface area contributed by atoms with Gasteiger partial charge in [-0.25, -0.2) is 0 Å². The minimum atomic E-state index is -0.1000. The second-order valence-electron chi connectivity index (χ2n) is 5.69. The molecule has 0 bridgehead atoms. The number of hydrogen-bond acceptors (Lipinski definition) is 4. The highest BCUT2D eigenvalue weighted by atomic mass is 16.5. The molecule has 0 unspecified atom stereocenters. The third kappa shape index (κ3) is 5.58. The topological polar surface area (TPSA) is 60.5 Å². The average Bonchev–Trinajstić information content (AvgIpc) is 2.49. The fraction of sp³-hybridized carbons (Fsp3) is 0.529. The minimum absolute atomic E-state index is 0.00414. The highest BCUT2D eigenvalue weighted by Gasteiger charge is 2.27. The van der Waals surface area contributed by atoms with Crippen molar-refractivity contribution in [2.45, 2.75) is 38.8 Å². The van der Waals surface area contributed by atoms with Crippen molar-refractivity contribution in [2.75, 3.05) is 19.8 Å². The third-order valence-electron chi connectivity index (χ3n) is 3.52. The summed E-state index contributed by atoms with van der Waals surface area (Å²) in [6.07, 6.45) is 4.69. The molecule has 1 saturated heterocycles. The Kier molecular flexibility index (Phi) is 6.55. The molecule has 1 aromatic heterocycles. The van der Waals surface area contributed by atoms with Crippen LogP contribution in [0.3, 0.4) is 0 Å². The maximum absolute atomic E-state index is 12.1. The average molecular weight is 304 g/mol. The second-order valence-corrected chi connectivity index (χ2v) is 5.69. The van der Waals surface area contributed by atoms with Gasteiger partial charge in [0.25, 0.3) is 0 Å². The predicted octanol–water partition coefficient (Wildman–Crippen LogP) is 1.88. The number of hydrogen-bond donors (Lipinski definition) is 1. The summed E-state index contributed by atoms with van der Waals surface area (Å²) in [5, 5.41) is 3.05. The molecule has 5 nitrogen and oxygen atoms in total. The van der Waals surface area contributed by atoms with Gasteiger partial charge in [-0.3, -0.25) is 9.78 Å². The van der Waals surface area contributed by atoms with Gasteiger partial charge < -0.3 is 14.8 Å². The number of rotatable bonds is 6. The zero-order valence-electron chi connectivity index (χ0n) is 13.2. The molecule has 22 heavy (non-hydrogen) atoms. The highest BCUT2D eigenvalue weighted by molar-refractivity contribution is 5.78. The maximum atomic E-state index is 12.1. The molecule has 2 atom stereocenters. The van der Waals surface area contributed by atoms with E-state index in [0.29, 0.717) is 26.2 Å². The summed E-state index contributed by atoms with van der Waals surface area (Å²) in [5.74, 6) is -0.0265. The zero-order chi connectivity index (χ0) is 15.8. The lowest BCUT2D eigenvalue weighted by molar-refractivity contribution is -0.125. The Balaban J connectivity index is 1.85. The van der Waals surface area contributed by atoms with Crippen LogP contribution in [0.2, 0.25) is 0 Å². The lowest BCUT2D eigenvalue weighted by Gasteiger charge is -2.31. The molecule has 1 N–H and O–H groups in total. The van der Waals surface area contributed by atoms with Gasteiger partial charge in [0.05, 0.1) is 25.7 Å². The number of ether oxygens (including phenoxy) is 2. The van der Waals surface area contributed by atoms with Crippen LogP contribution < -0.4 is 5.32 Å². The van der Waals surface area contributed by atoms with Crippen molar-refractivity contribution < 1.29 is 14.3 Å². The fourth-order valence-corrected chi connectivity index (χ4v) is 2.30. The Morgan fingerprint density at radius 3 is 3.09 bits per heavy atom. The Morgan fingerprint density at radius 1 is 1.50 bits per heavy atom. The molecule has 2 rings (SSSR count). The standard InChI is InChI=1S/C17H24N2O3/c1-13(2)6-10-22-16-12-21-9-7-15(16)19-17(20)11-14-5-3-4-8-18-14/h3-6,8,15-16H,7,9-12H2,1-2H3,(H,19,20)/t15-,16-/m1/s1. The van der Waals surface area contributed by atoms with E-state index >= 15 is 0 Å². The van der Waals surface area contributed by atoms with E-state index in [9.17, 15) is 4.79 Å². The van der Waals surface area contributed by atoms with Crippen LogP contribution in [-0.4, -0.2) is 42.9 Å². The van der Waals surface area contributed by atoms with E-state index in [1.54, 1.807) is 6.20 Å². The van der Waals surface area contributed by atoms with Crippen molar-refractivity contribution in [1.82, 2.24) is 10.3 Å². The summed E-state index contributed by atoms with van der Waals surface area (Å²) in [5.41, 5.74) is 1.99. The van der Waals surface area contributed by atoms with E-state index in [2.05, 4.69) is 10.3 Å². The van der Waals surface area contributed by atoms with E-state index in [0.717, 1.165) is 12.1 Å². The molecule has 1 amide bonds. The Labute approximate surface area is 131 Å². The van der Waals surface area contributed by atoms with Crippen molar-refractivity contribution in [2.24, 2.45) is 0 Å². The number of amides is 1. The van der Waals surface area contributed by atoms with Crippen molar-refractivity contribution in [1.29, 1.82) is 0 Å². The number of aromatic nitrogens is 1. The molecule has 2 heterocycles. The molecule has 0 spiro atoms. The Morgan fingerprint density at radius 2 is 2.36 bits per heavy atom. The molecule has 1 aliphatic heterocycles. The molecule has 120 valence electrons. The van der Waals surface area contributed by atoms with Crippen LogP contribution in [0.1, 0.15) is 26.0 Å². The summed E-state index contributed by atoms with van der Waals surface area (Å²) < 4.78 is 11.3. The minimum Gasteiger partial charge on any atom is -0.379 e. The van der Waals surface area contributed by atoms with Crippen LogP contribution in [0.15, 0.2) is 36.0 Å². The van der Waals surface area contributed by atoms with E-state index in [-0.39, 0.29) is 18.1 Å². The van der Waals surface area contributed by atoms with Crippen LogP contribution in [0.4, 0.5) is 0 Å². The van der Waals surface area contributed by atoms with E-state index in [1.165, 1.54) is 5.57 Å². The van der Waals surface area contributed by atoms with Crippen molar-refractivity contribution in [3.8, 4) is 0 Å². The van der Waals surface area contributed by atoms with Gasteiger partial charge in [0.15, 0.2) is 0 Å². The van der Waals surface area contributed by atoms with Crippen molar-refractivity contribution in [3.63, 3.8) is 0 Å². The SMILES string of the molecule is CC(C)=CCO[C@@H]1COCC[C@H]1NC(=O)Cc1ccccn1. The Hall–Kier alpha value is -1.72. The van der Waals surface area contributed by atoms with Crippen LogP contribution in [-0.2, 0) is 20.7 Å². The predicted molar refractivity (Wildman–Crippen MR) is 84.5 cm³/mol. The van der Waals surface area contributed by atoms with Gasteiger partial charge >= 0.3 is 0 Å². The first-order chi connectivity index (χ1) is 10.6. The lowest BCUT2D eigenvalue weighted by atomic mass is 10.1. The lowest BCUT2D eigenvalue weighted by Crippen LogP contribution is -2.50. The zero-order valence-corrected chi connectivity index (χ0v) is 13.2. The van der Waals surface area contributed by atoms with E-state index in [4.69, 9.17) is 9.47 Å². The van der Waals surface area contributed by atoms with E-state index < -0.39 is 0 Å². The summed E-state index contributed by atoms with van der Waals surface area (Å²) in [6, 6.07) is 5.57. The van der Waals surface area contributed by atoms with Gasteiger partial charge in [-0.15, -0.1) is 0 Å². The number of pyridine rings is 1.